The van der Waals surface area contributed by atoms with Crippen molar-refractivity contribution in [2.45, 2.75) is 0 Å². The summed E-state index contributed by atoms with van der Waals surface area (Å²) in [7, 11) is 3.16. The number of ether oxygens (including phenoxy) is 2. The SMILES string of the molecule is COc1ccc(/C=N\NC(=S)Nc2ccc(F)cc2)c(OC)c1. The van der Waals surface area contributed by atoms with Gasteiger partial charge in [-0.25, -0.2) is 4.39 Å². The standard InChI is InChI=1S/C16H16FN3O2S/c1-21-14-8-3-11(15(9-14)22-2)10-18-20-16(23)19-13-6-4-12(17)5-7-13/h3-10H,1-2H3,(H2,19,20,23)/b18-10-. The summed E-state index contributed by atoms with van der Waals surface area (Å²) in [4.78, 5) is 0. The third kappa shape index (κ3) is 4.93. The van der Waals surface area contributed by atoms with Crippen molar-refractivity contribution in [1.29, 1.82) is 0 Å². The summed E-state index contributed by atoms with van der Waals surface area (Å²) >= 11 is 5.10. The summed E-state index contributed by atoms with van der Waals surface area (Å²) in [5.41, 5.74) is 4.12. The van der Waals surface area contributed by atoms with Crippen molar-refractivity contribution in [1.82, 2.24) is 5.43 Å². The minimum atomic E-state index is -0.306. The zero-order valence-corrected chi connectivity index (χ0v) is 13.5. The third-order valence-electron chi connectivity index (χ3n) is 2.91. The summed E-state index contributed by atoms with van der Waals surface area (Å²) in [6.45, 7) is 0. The van der Waals surface area contributed by atoms with Crippen molar-refractivity contribution in [3.8, 4) is 11.5 Å². The van der Waals surface area contributed by atoms with Crippen LogP contribution in [0, 0.1) is 5.82 Å². The molecule has 120 valence electrons. The largest absolute Gasteiger partial charge is 0.497 e. The summed E-state index contributed by atoms with van der Waals surface area (Å²) < 4.78 is 23.2. The van der Waals surface area contributed by atoms with Gasteiger partial charge in [0.2, 0.25) is 0 Å². The molecule has 5 nitrogen and oxygen atoms in total. The summed E-state index contributed by atoms with van der Waals surface area (Å²) in [5, 5.41) is 7.23. The van der Waals surface area contributed by atoms with Crippen LogP contribution in [0.4, 0.5) is 10.1 Å². The minimum absolute atomic E-state index is 0.292. The maximum absolute atomic E-state index is 12.8. The van der Waals surface area contributed by atoms with Crippen molar-refractivity contribution in [3.05, 3.63) is 53.8 Å². The van der Waals surface area contributed by atoms with Gasteiger partial charge in [-0.2, -0.15) is 5.10 Å². The zero-order valence-electron chi connectivity index (χ0n) is 12.7. The van der Waals surface area contributed by atoms with E-state index >= 15 is 0 Å². The second-order valence-electron chi connectivity index (χ2n) is 4.44. The van der Waals surface area contributed by atoms with Crippen molar-refractivity contribution in [2.75, 3.05) is 19.5 Å². The number of hydrazone groups is 1. The van der Waals surface area contributed by atoms with Gasteiger partial charge < -0.3 is 14.8 Å². The number of methoxy groups -OCH3 is 2. The molecule has 0 saturated heterocycles. The van der Waals surface area contributed by atoms with Crippen LogP contribution in [0.25, 0.3) is 0 Å². The van der Waals surface area contributed by atoms with E-state index in [1.165, 1.54) is 12.1 Å². The second-order valence-corrected chi connectivity index (χ2v) is 4.85. The highest BCUT2D eigenvalue weighted by atomic mass is 32.1. The Kier molecular flexibility index (Phi) is 5.87. The Hall–Kier alpha value is -2.67. The zero-order chi connectivity index (χ0) is 16.7. The smallest absolute Gasteiger partial charge is 0.191 e. The van der Waals surface area contributed by atoms with Crippen LogP contribution < -0.4 is 20.2 Å². The lowest BCUT2D eigenvalue weighted by molar-refractivity contribution is 0.394. The first-order valence-electron chi connectivity index (χ1n) is 6.70. The topological polar surface area (TPSA) is 54.9 Å². The highest BCUT2D eigenvalue weighted by Gasteiger charge is 2.03. The first-order valence-corrected chi connectivity index (χ1v) is 7.11. The lowest BCUT2D eigenvalue weighted by Crippen LogP contribution is -2.23. The Morgan fingerprint density at radius 2 is 1.87 bits per heavy atom. The van der Waals surface area contributed by atoms with Crippen molar-refractivity contribution < 1.29 is 13.9 Å². The van der Waals surface area contributed by atoms with Crippen LogP contribution in [0.3, 0.4) is 0 Å². The van der Waals surface area contributed by atoms with E-state index in [0.29, 0.717) is 22.3 Å². The van der Waals surface area contributed by atoms with E-state index in [4.69, 9.17) is 21.7 Å². The van der Waals surface area contributed by atoms with Gasteiger partial charge in [0.15, 0.2) is 5.11 Å². The van der Waals surface area contributed by atoms with Crippen LogP contribution in [0.15, 0.2) is 47.6 Å². The van der Waals surface area contributed by atoms with Gasteiger partial charge in [-0.1, -0.05) is 0 Å². The summed E-state index contributed by atoms with van der Waals surface area (Å²) in [6.07, 6.45) is 1.58. The fraction of sp³-hybridized carbons (Fsp3) is 0.125. The number of rotatable bonds is 5. The molecule has 0 heterocycles. The Bertz CT molecular complexity index is 705. The van der Waals surface area contributed by atoms with Crippen LogP contribution >= 0.6 is 12.2 Å². The van der Waals surface area contributed by atoms with Crippen molar-refractivity contribution in [2.24, 2.45) is 5.10 Å². The van der Waals surface area contributed by atoms with Gasteiger partial charge >= 0.3 is 0 Å². The quantitative estimate of drug-likeness (QED) is 0.500. The van der Waals surface area contributed by atoms with E-state index in [1.54, 1.807) is 44.7 Å². The maximum atomic E-state index is 12.8. The lowest BCUT2D eigenvalue weighted by Gasteiger charge is -2.08. The molecular weight excluding hydrogens is 317 g/mol. The van der Waals surface area contributed by atoms with Gasteiger partial charge in [0.05, 0.1) is 20.4 Å². The van der Waals surface area contributed by atoms with Gasteiger partial charge in [-0.05, 0) is 48.6 Å². The van der Waals surface area contributed by atoms with Crippen molar-refractivity contribution in [3.63, 3.8) is 0 Å². The molecular formula is C16H16FN3O2S. The first-order chi connectivity index (χ1) is 11.1. The molecule has 2 rings (SSSR count). The minimum Gasteiger partial charge on any atom is -0.497 e. The number of hydrogen-bond acceptors (Lipinski definition) is 4. The fourth-order valence-electron chi connectivity index (χ4n) is 1.78. The van der Waals surface area contributed by atoms with E-state index < -0.39 is 0 Å². The van der Waals surface area contributed by atoms with Crippen LogP contribution in [-0.4, -0.2) is 25.5 Å². The van der Waals surface area contributed by atoms with E-state index in [-0.39, 0.29) is 5.82 Å². The van der Waals surface area contributed by atoms with Gasteiger partial charge in [-0.3, -0.25) is 5.43 Å². The highest BCUT2D eigenvalue weighted by Crippen LogP contribution is 2.22. The molecule has 2 N–H and O–H groups in total. The third-order valence-corrected chi connectivity index (χ3v) is 3.11. The van der Waals surface area contributed by atoms with Gasteiger partial charge in [-0.15, -0.1) is 0 Å². The average Bonchev–Trinajstić information content (AvgIpc) is 2.57. The number of anilines is 1. The lowest BCUT2D eigenvalue weighted by atomic mass is 10.2. The number of hydrogen-bond donors (Lipinski definition) is 2. The van der Waals surface area contributed by atoms with Crippen LogP contribution in [-0.2, 0) is 0 Å². The van der Waals surface area contributed by atoms with Crippen LogP contribution in [0.1, 0.15) is 5.56 Å². The molecule has 0 bridgehead atoms. The van der Waals surface area contributed by atoms with Gasteiger partial charge in [0, 0.05) is 17.3 Å². The molecule has 0 spiro atoms. The van der Waals surface area contributed by atoms with Gasteiger partial charge in [0.1, 0.15) is 17.3 Å². The highest BCUT2D eigenvalue weighted by molar-refractivity contribution is 7.80. The first kappa shape index (κ1) is 16.7. The molecule has 0 saturated carbocycles. The van der Waals surface area contributed by atoms with Crippen molar-refractivity contribution >= 4 is 29.2 Å². The molecule has 7 heteroatoms. The Balaban J connectivity index is 1.95. The van der Waals surface area contributed by atoms with E-state index in [0.717, 1.165) is 5.56 Å². The molecule has 23 heavy (non-hydrogen) atoms. The fourth-order valence-corrected chi connectivity index (χ4v) is 1.95. The molecule has 0 aliphatic carbocycles. The predicted molar refractivity (Wildman–Crippen MR) is 92.9 cm³/mol. The Morgan fingerprint density at radius 1 is 1.13 bits per heavy atom. The number of nitrogens with one attached hydrogen (secondary N) is 2. The molecule has 0 aliphatic heterocycles. The number of benzene rings is 2. The molecule has 0 aromatic heterocycles. The normalized spacial score (nSPS) is 10.4. The predicted octanol–water partition coefficient (Wildman–Crippen LogP) is 3.16. The molecule has 2 aromatic carbocycles. The molecule has 0 unspecified atom stereocenters. The molecule has 2 aromatic rings. The van der Waals surface area contributed by atoms with Gasteiger partial charge in [0.25, 0.3) is 0 Å². The average molecular weight is 333 g/mol. The van der Waals surface area contributed by atoms with E-state index in [2.05, 4.69) is 15.8 Å². The molecule has 0 aliphatic rings. The molecule has 0 atom stereocenters. The molecule has 0 radical (unpaired) electrons. The molecule has 0 amide bonds. The Labute approximate surface area is 139 Å². The summed E-state index contributed by atoms with van der Waals surface area (Å²) in [5.74, 6) is 1.02. The Morgan fingerprint density at radius 3 is 2.52 bits per heavy atom. The van der Waals surface area contributed by atoms with Crippen LogP contribution in [0.2, 0.25) is 0 Å². The summed E-state index contributed by atoms with van der Waals surface area (Å²) in [6, 6.07) is 11.2. The second kappa shape index (κ2) is 8.09. The number of halogens is 1. The maximum Gasteiger partial charge on any atom is 0.191 e. The molecule has 0 fully saturated rings. The van der Waals surface area contributed by atoms with Crippen LogP contribution in [0.5, 0.6) is 11.5 Å². The number of nitrogens with zero attached hydrogens (tertiary/aromatic N) is 1. The van der Waals surface area contributed by atoms with E-state index in [1.807, 2.05) is 6.07 Å². The van der Waals surface area contributed by atoms with E-state index in [9.17, 15) is 4.39 Å². The monoisotopic (exact) mass is 333 g/mol. The number of thiocarbonyl (C=S) groups is 1.